The molecule has 4 heteroatoms. The normalized spacial score (nSPS) is 26.1. The predicted molar refractivity (Wildman–Crippen MR) is 72.8 cm³/mol. The Morgan fingerprint density at radius 1 is 1.16 bits per heavy atom. The third-order valence-corrected chi connectivity index (χ3v) is 3.77. The fourth-order valence-electron chi connectivity index (χ4n) is 2.73. The summed E-state index contributed by atoms with van der Waals surface area (Å²) in [6, 6.07) is 7.51. The molecule has 0 aromatic heterocycles. The van der Waals surface area contributed by atoms with E-state index in [-0.39, 0.29) is 11.8 Å². The summed E-state index contributed by atoms with van der Waals surface area (Å²) in [6.07, 6.45) is 1.23. The number of nitrogens with one attached hydrogen (secondary N) is 1. The molecule has 102 valence electrons. The number of aryl methyl sites for hydroxylation is 1. The number of benzene rings is 1. The Labute approximate surface area is 112 Å². The summed E-state index contributed by atoms with van der Waals surface area (Å²) in [5.74, 6) is -1.74. The minimum atomic E-state index is -0.867. The van der Waals surface area contributed by atoms with Crippen LogP contribution in [-0.2, 0) is 9.59 Å². The van der Waals surface area contributed by atoms with Crippen molar-refractivity contribution in [3.8, 4) is 0 Å². The molecule has 4 nitrogen and oxygen atoms in total. The van der Waals surface area contributed by atoms with Crippen molar-refractivity contribution in [3.05, 3.63) is 29.8 Å². The van der Waals surface area contributed by atoms with E-state index in [1.54, 1.807) is 0 Å². The largest absolute Gasteiger partial charge is 0.481 e. The molecule has 3 atom stereocenters. The molecule has 0 spiro atoms. The van der Waals surface area contributed by atoms with Gasteiger partial charge in [0, 0.05) is 5.69 Å². The Balaban J connectivity index is 2.06. The van der Waals surface area contributed by atoms with Gasteiger partial charge in [0.1, 0.15) is 0 Å². The number of hydrogen-bond acceptors (Lipinski definition) is 2. The van der Waals surface area contributed by atoms with E-state index in [1.165, 1.54) is 0 Å². The van der Waals surface area contributed by atoms with Gasteiger partial charge in [-0.2, -0.15) is 0 Å². The molecular weight excluding hydrogens is 242 g/mol. The van der Waals surface area contributed by atoms with E-state index < -0.39 is 17.8 Å². The van der Waals surface area contributed by atoms with Crippen LogP contribution in [0.1, 0.15) is 25.3 Å². The topological polar surface area (TPSA) is 66.4 Å². The van der Waals surface area contributed by atoms with Crippen LogP contribution >= 0.6 is 0 Å². The van der Waals surface area contributed by atoms with Crippen LogP contribution in [0, 0.1) is 24.7 Å². The van der Waals surface area contributed by atoms with E-state index >= 15 is 0 Å². The van der Waals surface area contributed by atoms with Gasteiger partial charge in [-0.1, -0.05) is 24.6 Å². The van der Waals surface area contributed by atoms with Crippen molar-refractivity contribution in [1.82, 2.24) is 0 Å². The molecule has 1 aliphatic rings. The second kappa shape index (κ2) is 5.43. The summed E-state index contributed by atoms with van der Waals surface area (Å²) in [5, 5.41) is 12.0. The molecule has 1 fully saturated rings. The van der Waals surface area contributed by atoms with Gasteiger partial charge >= 0.3 is 5.97 Å². The smallest absolute Gasteiger partial charge is 0.307 e. The van der Waals surface area contributed by atoms with E-state index in [4.69, 9.17) is 0 Å². The third-order valence-electron chi connectivity index (χ3n) is 3.77. The lowest BCUT2D eigenvalue weighted by Gasteiger charge is -2.15. The Morgan fingerprint density at radius 2 is 1.74 bits per heavy atom. The molecule has 1 unspecified atom stereocenters. The number of carbonyl (C=O) groups excluding carboxylic acids is 1. The molecule has 1 saturated carbocycles. The average molecular weight is 261 g/mol. The molecule has 1 aromatic rings. The second-order valence-electron chi connectivity index (χ2n) is 5.48. The number of aliphatic carboxylic acids is 1. The first kappa shape index (κ1) is 13.6. The van der Waals surface area contributed by atoms with Crippen LogP contribution in [0.25, 0.3) is 0 Å². The summed E-state index contributed by atoms with van der Waals surface area (Å²) < 4.78 is 0. The third kappa shape index (κ3) is 3.13. The lowest BCUT2D eigenvalue weighted by molar-refractivity contribution is -0.145. The van der Waals surface area contributed by atoms with Crippen molar-refractivity contribution in [2.45, 2.75) is 26.7 Å². The zero-order chi connectivity index (χ0) is 14.0. The molecule has 0 bridgehead atoms. The predicted octanol–water partition coefficient (Wildman–Crippen LogP) is 2.68. The number of hydrogen-bond donors (Lipinski definition) is 2. The summed E-state index contributed by atoms with van der Waals surface area (Å²) in [4.78, 5) is 23.4. The highest BCUT2D eigenvalue weighted by Crippen LogP contribution is 2.37. The molecule has 0 saturated heterocycles. The van der Waals surface area contributed by atoms with Gasteiger partial charge in [-0.15, -0.1) is 0 Å². The lowest BCUT2D eigenvalue weighted by Crippen LogP contribution is -2.29. The van der Waals surface area contributed by atoms with Crippen LogP contribution in [0.4, 0.5) is 5.69 Å². The van der Waals surface area contributed by atoms with Gasteiger partial charge in [-0.25, -0.2) is 0 Å². The number of carbonyl (C=O) groups is 2. The number of carboxylic acids is 1. The molecule has 2 N–H and O–H groups in total. The second-order valence-corrected chi connectivity index (χ2v) is 5.48. The van der Waals surface area contributed by atoms with Crippen molar-refractivity contribution < 1.29 is 14.7 Å². The quantitative estimate of drug-likeness (QED) is 0.879. The van der Waals surface area contributed by atoms with Crippen molar-refractivity contribution in [2.75, 3.05) is 5.32 Å². The zero-order valence-electron chi connectivity index (χ0n) is 11.2. The minimum Gasteiger partial charge on any atom is -0.481 e. The van der Waals surface area contributed by atoms with Crippen LogP contribution in [0.15, 0.2) is 24.3 Å². The molecule has 1 amide bonds. The summed E-state index contributed by atoms with van der Waals surface area (Å²) in [5.41, 5.74) is 1.84. The Hall–Kier alpha value is -1.84. The fourth-order valence-corrected chi connectivity index (χ4v) is 2.73. The van der Waals surface area contributed by atoms with Crippen LogP contribution in [0.3, 0.4) is 0 Å². The highest BCUT2D eigenvalue weighted by molar-refractivity contribution is 5.95. The molecule has 2 rings (SSSR count). The van der Waals surface area contributed by atoms with E-state index in [9.17, 15) is 14.7 Å². The van der Waals surface area contributed by atoms with E-state index in [2.05, 4.69) is 5.32 Å². The molecule has 19 heavy (non-hydrogen) atoms. The van der Waals surface area contributed by atoms with Crippen LogP contribution < -0.4 is 5.32 Å². The molecule has 0 radical (unpaired) electrons. The SMILES string of the molecule is Cc1ccc(NC(=O)[C@H]2CC(C)C[C@H]2C(=O)O)cc1. The van der Waals surface area contributed by atoms with Crippen LogP contribution in [0.5, 0.6) is 0 Å². The van der Waals surface area contributed by atoms with Crippen LogP contribution in [0.2, 0.25) is 0 Å². The minimum absolute atomic E-state index is 0.180. The first-order chi connectivity index (χ1) is 8.97. The van der Waals surface area contributed by atoms with Crippen molar-refractivity contribution >= 4 is 17.6 Å². The highest BCUT2D eigenvalue weighted by atomic mass is 16.4. The Bertz CT molecular complexity index is 481. The number of carboxylic acid groups (broad SMARTS) is 1. The monoisotopic (exact) mass is 261 g/mol. The average Bonchev–Trinajstić information content (AvgIpc) is 2.74. The molecule has 1 aliphatic carbocycles. The molecule has 1 aromatic carbocycles. The van der Waals surface area contributed by atoms with Gasteiger partial charge in [0.15, 0.2) is 0 Å². The number of rotatable bonds is 3. The lowest BCUT2D eigenvalue weighted by atomic mass is 9.95. The maximum absolute atomic E-state index is 12.2. The Morgan fingerprint density at radius 3 is 2.32 bits per heavy atom. The van der Waals surface area contributed by atoms with E-state index in [1.807, 2.05) is 38.1 Å². The van der Waals surface area contributed by atoms with Crippen molar-refractivity contribution in [1.29, 1.82) is 0 Å². The standard InChI is InChI=1S/C15H19NO3/c1-9-3-5-11(6-4-9)16-14(17)12-7-10(2)8-13(12)15(18)19/h3-6,10,12-13H,7-8H2,1-2H3,(H,16,17)(H,18,19)/t10?,12-,13+/m0/s1. The van der Waals surface area contributed by atoms with Gasteiger partial charge in [0.25, 0.3) is 0 Å². The van der Waals surface area contributed by atoms with Gasteiger partial charge in [-0.3, -0.25) is 9.59 Å². The first-order valence-corrected chi connectivity index (χ1v) is 6.57. The van der Waals surface area contributed by atoms with Crippen LogP contribution in [-0.4, -0.2) is 17.0 Å². The fraction of sp³-hybridized carbons (Fsp3) is 0.467. The van der Waals surface area contributed by atoms with E-state index in [0.29, 0.717) is 12.8 Å². The maximum Gasteiger partial charge on any atom is 0.307 e. The summed E-state index contributed by atoms with van der Waals surface area (Å²) in [6.45, 7) is 3.97. The maximum atomic E-state index is 12.2. The molecule has 0 heterocycles. The number of anilines is 1. The van der Waals surface area contributed by atoms with Gasteiger partial charge in [-0.05, 0) is 37.8 Å². The summed E-state index contributed by atoms with van der Waals surface area (Å²) in [7, 11) is 0. The Kier molecular flexibility index (Phi) is 3.88. The van der Waals surface area contributed by atoms with Crippen molar-refractivity contribution in [2.24, 2.45) is 17.8 Å². The zero-order valence-corrected chi connectivity index (χ0v) is 11.2. The van der Waals surface area contributed by atoms with E-state index in [0.717, 1.165) is 11.3 Å². The van der Waals surface area contributed by atoms with Gasteiger partial charge in [0.2, 0.25) is 5.91 Å². The summed E-state index contributed by atoms with van der Waals surface area (Å²) >= 11 is 0. The highest BCUT2D eigenvalue weighted by Gasteiger charge is 2.41. The van der Waals surface area contributed by atoms with Crippen molar-refractivity contribution in [3.63, 3.8) is 0 Å². The molecule has 0 aliphatic heterocycles. The van der Waals surface area contributed by atoms with Gasteiger partial charge in [0.05, 0.1) is 11.8 Å². The van der Waals surface area contributed by atoms with Gasteiger partial charge < -0.3 is 10.4 Å². The number of amides is 1. The molecular formula is C15H19NO3. The first-order valence-electron chi connectivity index (χ1n) is 6.57.